The van der Waals surface area contributed by atoms with Crippen LogP contribution in [0.1, 0.15) is 39.9 Å². The van der Waals surface area contributed by atoms with Crippen LogP contribution in [0.25, 0.3) is 10.9 Å². The van der Waals surface area contributed by atoms with E-state index in [0.717, 1.165) is 40.7 Å². The minimum Gasteiger partial charge on any atom is -0.362 e. The largest absolute Gasteiger partial charge is 0.362 e. The Labute approximate surface area is 166 Å². The molecule has 28 heavy (non-hydrogen) atoms. The molecule has 1 fully saturated rings. The molecule has 1 amide bonds. The van der Waals surface area contributed by atoms with Crippen molar-refractivity contribution in [3.63, 3.8) is 0 Å². The van der Waals surface area contributed by atoms with Crippen LogP contribution in [0.2, 0.25) is 0 Å². The Morgan fingerprint density at radius 2 is 1.68 bits per heavy atom. The maximum atomic E-state index is 13.2. The second-order valence-corrected chi connectivity index (χ2v) is 8.09. The minimum atomic E-state index is 0.108. The Kier molecular flexibility index (Phi) is 4.80. The Hall–Kier alpha value is -2.88. The number of hydrogen-bond donors (Lipinski definition) is 0. The molecule has 1 saturated carbocycles. The molecule has 1 aliphatic rings. The molecule has 0 N–H and O–H groups in total. The van der Waals surface area contributed by atoms with Gasteiger partial charge >= 0.3 is 0 Å². The molecule has 144 valence electrons. The summed E-state index contributed by atoms with van der Waals surface area (Å²) in [4.78, 5) is 22.2. The number of carbonyl (C=O) groups excluding carboxylic acids is 1. The number of amides is 1. The topological polar surface area (TPSA) is 36.4 Å². The third kappa shape index (κ3) is 3.72. The summed E-state index contributed by atoms with van der Waals surface area (Å²) in [5.41, 5.74) is 5.21. The molecule has 0 spiro atoms. The van der Waals surface area contributed by atoms with Gasteiger partial charge in [0.05, 0.1) is 5.52 Å². The first kappa shape index (κ1) is 18.5. The summed E-state index contributed by atoms with van der Waals surface area (Å²) in [5, 5.41) is 1.12. The highest BCUT2D eigenvalue weighted by molar-refractivity contribution is 5.95. The van der Waals surface area contributed by atoms with Gasteiger partial charge in [-0.05, 0) is 56.5 Å². The van der Waals surface area contributed by atoms with Gasteiger partial charge in [0.1, 0.15) is 5.82 Å². The first-order valence-corrected chi connectivity index (χ1v) is 9.87. The van der Waals surface area contributed by atoms with Crippen LogP contribution < -0.4 is 4.90 Å². The smallest absolute Gasteiger partial charge is 0.254 e. The minimum absolute atomic E-state index is 0.108. The highest BCUT2D eigenvalue weighted by Crippen LogP contribution is 2.32. The first-order valence-electron chi connectivity index (χ1n) is 9.87. The normalized spacial score (nSPS) is 13.6. The number of nitrogens with zero attached hydrogens (tertiary/aromatic N) is 3. The van der Waals surface area contributed by atoms with E-state index in [1.165, 1.54) is 11.1 Å². The van der Waals surface area contributed by atoms with E-state index in [0.29, 0.717) is 12.6 Å². The second-order valence-electron chi connectivity index (χ2n) is 8.09. The summed E-state index contributed by atoms with van der Waals surface area (Å²) < 4.78 is 0. The molecule has 4 rings (SSSR count). The zero-order valence-electron chi connectivity index (χ0n) is 17.1. The van der Waals surface area contributed by atoms with Crippen LogP contribution in [0.15, 0.2) is 48.5 Å². The number of benzene rings is 2. The molecule has 3 aromatic rings. The molecule has 2 aromatic carbocycles. The third-order valence-electron chi connectivity index (χ3n) is 5.34. The number of hydrogen-bond acceptors (Lipinski definition) is 3. The molecule has 0 saturated heterocycles. The molecular formula is C24H27N3O. The molecule has 0 unspecified atom stereocenters. The summed E-state index contributed by atoms with van der Waals surface area (Å²) in [6.07, 6.45) is 2.16. The van der Waals surface area contributed by atoms with Crippen molar-refractivity contribution in [2.45, 2.75) is 39.3 Å². The van der Waals surface area contributed by atoms with Gasteiger partial charge in [0, 0.05) is 43.2 Å². The highest BCUT2D eigenvalue weighted by atomic mass is 16.2. The fourth-order valence-corrected chi connectivity index (χ4v) is 3.61. The standard InChI is InChI=1S/C24H27N3O/c1-16-5-8-18(9-6-16)24(28)27(21-11-12-21)15-20-14-19-10-7-17(2)13-22(19)25-23(20)26(3)4/h5-10,13-14,21H,11-12,15H2,1-4H3. The van der Waals surface area contributed by atoms with Gasteiger partial charge in [-0.15, -0.1) is 0 Å². The Morgan fingerprint density at radius 1 is 1.00 bits per heavy atom. The lowest BCUT2D eigenvalue weighted by Crippen LogP contribution is -2.33. The molecule has 4 heteroatoms. The SMILES string of the molecule is Cc1ccc(C(=O)N(Cc2cc3ccc(C)cc3nc2N(C)C)C2CC2)cc1. The van der Waals surface area contributed by atoms with E-state index in [1.807, 2.05) is 55.1 Å². The predicted molar refractivity (Wildman–Crippen MR) is 115 cm³/mol. The van der Waals surface area contributed by atoms with Crippen LogP contribution in [0.3, 0.4) is 0 Å². The van der Waals surface area contributed by atoms with Gasteiger partial charge in [-0.3, -0.25) is 4.79 Å². The third-order valence-corrected chi connectivity index (χ3v) is 5.34. The summed E-state index contributed by atoms with van der Waals surface area (Å²) in [6, 6.07) is 16.7. The van der Waals surface area contributed by atoms with E-state index >= 15 is 0 Å². The molecule has 1 aliphatic carbocycles. The summed E-state index contributed by atoms with van der Waals surface area (Å²) in [7, 11) is 4.02. The van der Waals surface area contributed by atoms with Gasteiger partial charge in [0.25, 0.3) is 5.91 Å². The lowest BCUT2D eigenvalue weighted by molar-refractivity contribution is 0.0730. The Bertz CT molecular complexity index is 1020. The van der Waals surface area contributed by atoms with E-state index < -0.39 is 0 Å². The van der Waals surface area contributed by atoms with E-state index in [9.17, 15) is 4.79 Å². The maximum Gasteiger partial charge on any atom is 0.254 e. The van der Waals surface area contributed by atoms with Crippen LogP contribution in [0.5, 0.6) is 0 Å². The lowest BCUT2D eigenvalue weighted by Gasteiger charge is -2.26. The van der Waals surface area contributed by atoms with Crippen LogP contribution in [-0.2, 0) is 6.54 Å². The lowest BCUT2D eigenvalue weighted by atomic mass is 10.1. The average Bonchev–Trinajstić information content (AvgIpc) is 3.50. The number of rotatable bonds is 5. The first-order chi connectivity index (χ1) is 13.4. The fourth-order valence-electron chi connectivity index (χ4n) is 3.61. The van der Waals surface area contributed by atoms with Crippen LogP contribution in [0, 0.1) is 13.8 Å². The molecular weight excluding hydrogens is 346 g/mol. The molecule has 4 nitrogen and oxygen atoms in total. The quantitative estimate of drug-likeness (QED) is 0.649. The van der Waals surface area contributed by atoms with Gasteiger partial charge in [0.15, 0.2) is 0 Å². The van der Waals surface area contributed by atoms with E-state index in [4.69, 9.17) is 4.98 Å². The number of carbonyl (C=O) groups is 1. The predicted octanol–water partition coefficient (Wildman–Crippen LogP) is 4.72. The van der Waals surface area contributed by atoms with Crippen molar-refractivity contribution in [2.24, 2.45) is 0 Å². The van der Waals surface area contributed by atoms with Crippen molar-refractivity contribution in [1.29, 1.82) is 0 Å². The molecule has 0 radical (unpaired) electrons. The van der Waals surface area contributed by atoms with Gasteiger partial charge < -0.3 is 9.80 Å². The monoisotopic (exact) mass is 373 g/mol. The van der Waals surface area contributed by atoms with Crippen molar-refractivity contribution in [1.82, 2.24) is 9.88 Å². The number of aromatic nitrogens is 1. The number of pyridine rings is 1. The van der Waals surface area contributed by atoms with E-state index in [1.54, 1.807) is 0 Å². The Morgan fingerprint density at radius 3 is 2.32 bits per heavy atom. The van der Waals surface area contributed by atoms with E-state index in [2.05, 4.69) is 31.2 Å². The second kappa shape index (κ2) is 7.27. The van der Waals surface area contributed by atoms with Gasteiger partial charge in [0.2, 0.25) is 0 Å². The summed E-state index contributed by atoms with van der Waals surface area (Å²) >= 11 is 0. The van der Waals surface area contributed by atoms with Crippen LogP contribution in [0.4, 0.5) is 5.82 Å². The summed E-state index contributed by atoms with van der Waals surface area (Å²) in [5.74, 6) is 1.04. The van der Waals surface area contributed by atoms with Crippen LogP contribution in [-0.4, -0.2) is 35.9 Å². The van der Waals surface area contributed by atoms with Crippen molar-refractivity contribution in [3.8, 4) is 0 Å². The van der Waals surface area contributed by atoms with Gasteiger partial charge in [-0.25, -0.2) is 4.98 Å². The highest BCUT2D eigenvalue weighted by Gasteiger charge is 2.33. The Balaban J connectivity index is 1.71. The molecule has 0 atom stereocenters. The van der Waals surface area contributed by atoms with Crippen molar-refractivity contribution >= 4 is 22.6 Å². The van der Waals surface area contributed by atoms with Crippen molar-refractivity contribution in [3.05, 3.63) is 70.8 Å². The number of anilines is 1. The maximum absolute atomic E-state index is 13.2. The van der Waals surface area contributed by atoms with Gasteiger partial charge in [-0.1, -0.05) is 29.8 Å². The molecule has 1 heterocycles. The molecule has 0 aliphatic heterocycles. The zero-order chi connectivity index (χ0) is 19.8. The summed E-state index contributed by atoms with van der Waals surface area (Å²) in [6.45, 7) is 4.71. The van der Waals surface area contributed by atoms with Crippen LogP contribution >= 0.6 is 0 Å². The zero-order valence-corrected chi connectivity index (χ0v) is 17.1. The van der Waals surface area contributed by atoms with Crippen molar-refractivity contribution < 1.29 is 4.79 Å². The molecule has 1 aromatic heterocycles. The number of aryl methyl sites for hydroxylation is 2. The van der Waals surface area contributed by atoms with Crippen molar-refractivity contribution in [2.75, 3.05) is 19.0 Å². The van der Waals surface area contributed by atoms with E-state index in [-0.39, 0.29) is 5.91 Å². The fraction of sp³-hybridized carbons (Fsp3) is 0.333. The average molecular weight is 374 g/mol. The number of fused-ring (bicyclic) bond motifs is 1. The van der Waals surface area contributed by atoms with Gasteiger partial charge in [-0.2, -0.15) is 0 Å². The molecule has 0 bridgehead atoms.